The van der Waals surface area contributed by atoms with Crippen LogP contribution in [0.1, 0.15) is 25.5 Å². The first-order valence-corrected chi connectivity index (χ1v) is 3.44. The molecule has 0 saturated heterocycles. The molecule has 0 atom stereocenters. The Bertz CT molecular complexity index is 286. The summed E-state index contributed by atoms with van der Waals surface area (Å²) in [5, 5.41) is 0. The van der Waals surface area contributed by atoms with E-state index in [1.54, 1.807) is 12.4 Å². The molecule has 0 N–H and O–H groups in total. The van der Waals surface area contributed by atoms with Crippen LogP contribution in [-0.4, -0.2) is 9.97 Å². The number of hydrogen-bond donors (Lipinski definition) is 0. The summed E-state index contributed by atoms with van der Waals surface area (Å²) in [6, 6.07) is 0. The van der Waals surface area contributed by atoms with Crippen molar-refractivity contribution in [3.63, 3.8) is 0 Å². The van der Waals surface area contributed by atoms with Crippen LogP contribution in [0.3, 0.4) is 0 Å². The minimum atomic E-state index is 0.271. The molecule has 0 unspecified atom stereocenters. The van der Waals surface area contributed by atoms with Crippen molar-refractivity contribution in [1.29, 1.82) is 0 Å². The second-order valence-corrected chi connectivity index (χ2v) is 2.53. The molecule has 1 heterocycles. The second kappa shape index (κ2) is 3.11. The molecule has 0 spiro atoms. The van der Waals surface area contributed by atoms with Gasteiger partial charge in [-0.3, -0.25) is 4.98 Å². The maximum Gasteiger partial charge on any atom is 0.291 e. The van der Waals surface area contributed by atoms with Gasteiger partial charge in [0, 0.05) is 0 Å². The van der Waals surface area contributed by atoms with Crippen LogP contribution in [0.15, 0.2) is 12.4 Å². The van der Waals surface area contributed by atoms with Crippen molar-refractivity contribution in [2.45, 2.75) is 19.8 Å². The Labute approximate surface area is 65.9 Å². The molecule has 56 valence electrons. The van der Waals surface area contributed by atoms with E-state index in [1.165, 1.54) is 0 Å². The van der Waals surface area contributed by atoms with Gasteiger partial charge in [-0.15, -0.1) is 4.98 Å². The fraction of sp³-hybridized carbons (Fsp3) is 0.375. The topological polar surface area (TPSA) is 30.1 Å². The van der Waals surface area contributed by atoms with E-state index < -0.39 is 0 Å². The van der Waals surface area contributed by atoms with E-state index in [2.05, 4.69) is 14.8 Å². The fourth-order valence-corrected chi connectivity index (χ4v) is 0.835. The molecule has 11 heavy (non-hydrogen) atoms. The largest absolute Gasteiger partial charge is 0.359 e. The van der Waals surface area contributed by atoms with E-state index in [4.69, 9.17) is 6.57 Å². The summed E-state index contributed by atoms with van der Waals surface area (Å²) in [6.07, 6.45) is 3.16. The average Bonchev–Trinajstić information content (AvgIpc) is 2.04. The normalized spacial score (nSPS) is 9.64. The Balaban J connectivity index is 3.15. The molecule has 0 aromatic carbocycles. The van der Waals surface area contributed by atoms with Crippen molar-refractivity contribution >= 4 is 5.82 Å². The molecule has 1 aromatic heterocycles. The Morgan fingerprint density at radius 3 is 2.45 bits per heavy atom. The van der Waals surface area contributed by atoms with Gasteiger partial charge in [-0.1, -0.05) is 20.4 Å². The molecule has 0 bridgehead atoms. The number of rotatable bonds is 1. The van der Waals surface area contributed by atoms with E-state index in [-0.39, 0.29) is 5.92 Å². The van der Waals surface area contributed by atoms with Gasteiger partial charge in [0.15, 0.2) is 0 Å². The van der Waals surface area contributed by atoms with Crippen LogP contribution < -0.4 is 0 Å². The minimum Gasteiger partial charge on any atom is -0.359 e. The molecule has 3 nitrogen and oxygen atoms in total. The molecular weight excluding hydrogens is 138 g/mol. The Morgan fingerprint density at radius 2 is 2.00 bits per heavy atom. The SMILES string of the molecule is [C-]#[N+]c1nccnc1C(C)C. The first-order valence-electron chi connectivity index (χ1n) is 3.44. The van der Waals surface area contributed by atoms with Gasteiger partial charge in [-0.05, 0) is 5.92 Å². The Kier molecular flexibility index (Phi) is 2.17. The molecule has 0 aliphatic carbocycles. The average molecular weight is 147 g/mol. The fourth-order valence-electron chi connectivity index (χ4n) is 0.835. The van der Waals surface area contributed by atoms with Crippen LogP contribution >= 0.6 is 0 Å². The summed E-state index contributed by atoms with van der Waals surface area (Å²) in [5.41, 5.74) is 0.780. The lowest BCUT2D eigenvalue weighted by atomic mass is 10.1. The minimum absolute atomic E-state index is 0.271. The van der Waals surface area contributed by atoms with E-state index in [9.17, 15) is 0 Å². The lowest BCUT2D eigenvalue weighted by Crippen LogP contribution is -1.92. The first-order chi connectivity index (χ1) is 5.25. The molecule has 0 aliphatic rings. The van der Waals surface area contributed by atoms with Gasteiger partial charge in [0.05, 0.1) is 11.9 Å². The zero-order valence-electron chi connectivity index (χ0n) is 6.57. The van der Waals surface area contributed by atoms with E-state index >= 15 is 0 Å². The van der Waals surface area contributed by atoms with Gasteiger partial charge < -0.3 is 4.85 Å². The van der Waals surface area contributed by atoms with Gasteiger partial charge in [0.1, 0.15) is 6.20 Å². The number of aromatic nitrogens is 2. The van der Waals surface area contributed by atoms with Crippen LogP contribution in [0.2, 0.25) is 0 Å². The molecule has 1 aromatic rings. The highest BCUT2D eigenvalue weighted by Gasteiger charge is 2.07. The maximum absolute atomic E-state index is 6.80. The summed E-state index contributed by atoms with van der Waals surface area (Å²) < 4.78 is 0. The van der Waals surface area contributed by atoms with Gasteiger partial charge in [-0.2, -0.15) is 0 Å². The lowest BCUT2D eigenvalue weighted by molar-refractivity contribution is 0.819. The zero-order chi connectivity index (χ0) is 8.27. The molecule has 0 radical (unpaired) electrons. The first kappa shape index (κ1) is 7.67. The number of hydrogen-bond acceptors (Lipinski definition) is 2. The quantitative estimate of drug-likeness (QED) is 0.570. The van der Waals surface area contributed by atoms with Crippen LogP contribution in [-0.2, 0) is 0 Å². The summed E-state index contributed by atoms with van der Waals surface area (Å²) in [7, 11) is 0. The van der Waals surface area contributed by atoms with Crippen LogP contribution in [0.25, 0.3) is 4.85 Å². The van der Waals surface area contributed by atoms with Crippen molar-refractivity contribution < 1.29 is 0 Å². The summed E-state index contributed by atoms with van der Waals surface area (Å²) in [4.78, 5) is 11.2. The Hall–Kier alpha value is -1.43. The molecule has 0 fully saturated rings. The molecule has 0 aliphatic heterocycles. The highest BCUT2D eigenvalue weighted by atomic mass is 14.9. The van der Waals surface area contributed by atoms with Crippen molar-refractivity contribution in [3.05, 3.63) is 29.5 Å². The lowest BCUT2D eigenvalue weighted by Gasteiger charge is -2.03. The molecule has 1 rings (SSSR count). The van der Waals surface area contributed by atoms with E-state index in [0.29, 0.717) is 5.82 Å². The van der Waals surface area contributed by atoms with Gasteiger partial charge in [0.25, 0.3) is 5.82 Å². The predicted octanol–water partition coefficient (Wildman–Crippen LogP) is 2.15. The standard InChI is InChI=1S/C8H9N3/c1-6(2)7-8(9-3)11-5-4-10-7/h4-6H,1-2H3. The summed E-state index contributed by atoms with van der Waals surface area (Å²) >= 11 is 0. The van der Waals surface area contributed by atoms with Crippen molar-refractivity contribution in [1.82, 2.24) is 9.97 Å². The third kappa shape index (κ3) is 1.53. The third-order valence-corrected chi connectivity index (χ3v) is 1.36. The summed E-state index contributed by atoms with van der Waals surface area (Å²) in [5.74, 6) is 0.690. The highest BCUT2D eigenvalue weighted by Crippen LogP contribution is 2.20. The summed E-state index contributed by atoms with van der Waals surface area (Å²) in [6.45, 7) is 10.8. The maximum atomic E-state index is 6.80. The van der Waals surface area contributed by atoms with E-state index in [1.807, 2.05) is 13.8 Å². The predicted molar refractivity (Wildman–Crippen MR) is 42.4 cm³/mol. The molecule has 3 heteroatoms. The third-order valence-electron chi connectivity index (χ3n) is 1.36. The smallest absolute Gasteiger partial charge is 0.291 e. The van der Waals surface area contributed by atoms with Crippen molar-refractivity contribution in [2.75, 3.05) is 0 Å². The molecule has 0 saturated carbocycles. The highest BCUT2D eigenvalue weighted by molar-refractivity contribution is 5.41. The monoisotopic (exact) mass is 147 g/mol. The zero-order valence-corrected chi connectivity index (χ0v) is 6.57. The van der Waals surface area contributed by atoms with Crippen LogP contribution in [0, 0.1) is 6.57 Å². The molecular formula is C8H9N3. The van der Waals surface area contributed by atoms with E-state index in [0.717, 1.165) is 5.69 Å². The van der Waals surface area contributed by atoms with Gasteiger partial charge in [-0.25, -0.2) is 0 Å². The van der Waals surface area contributed by atoms with Crippen molar-refractivity contribution in [3.8, 4) is 0 Å². The van der Waals surface area contributed by atoms with Gasteiger partial charge in [0.2, 0.25) is 0 Å². The number of nitrogens with zero attached hydrogens (tertiary/aromatic N) is 3. The molecule has 0 amide bonds. The second-order valence-electron chi connectivity index (χ2n) is 2.53. The Morgan fingerprint density at radius 1 is 1.36 bits per heavy atom. The van der Waals surface area contributed by atoms with Crippen LogP contribution in [0.4, 0.5) is 5.82 Å². The van der Waals surface area contributed by atoms with Crippen molar-refractivity contribution in [2.24, 2.45) is 0 Å². The van der Waals surface area contributed by atoms with Crippen LogP contribution in [0.5, 0.6) is 0 Å². The van der Waals surface area contributed by atoms with Gasteiger partial charge >= 0.3 is 0 Å².